The summed E-state index contributed by atoms with van der Waals surface area (Å²) in [4.78, 5) is 34.1. The van der Waals surface area contributed by atoms with E-state index in [1.807, 2.05) is 13.0 Å². The van der Waals surface area contributed by atoms with E-state index in [4.69, 9.17) is 14.3 Å². The highest BCUT2D eigenvalue weighted by atomic mass is 16.5. The van der Waals surface area contributed by atoms with Crippen molar-refractivity contribution in [2.24, 2.45) is 0 Å². The Morgan fingerprint density at radius 3 is 2.77 bits per heavy atom. The number of hydrogen-bond acceptors (Lipinski definition) is 5. The van der Waals surface area contributed by atoms with Crippen LogP contribution in [0.3, 0.4) is 0 Å². The van der Waals surface area contributed by atoms with Crippen LogP contribution in [0.15, 0.2) is 33.5 Å². The molecule has 2 aromatic rings. The number of nitrogens with one attached hydrogen (secondary N) is 1. The lowest BCUT2D eigenvalue weighted by Gasteiger charge is -2.15. The van der Waals surface area contributed by atoms with Crippen molar-refractivity contribution in [3.8, 4) is 5.75 Å². The molecule has 1 amide bonds. The van der Waals surface area contributed by atoms with E-state index in [-0.39, 0.29) is 18.9 Å². The van der Waals surface area contributed by atoms with Crippen molar-refractivity contribution >= 4 is 22.8 Å². The van der Waals surface area contributed by atoms with Crippen LogP contribution in [0.25, 0.3) is 11.0 Å². The molecule has 0 aliphatic heterocycles. The number of amides is 1. The van der Waals surface area contributed by atoms with Gasteiger partial charge >= 0.3 is 11.6 Å². The first-order valence-electron chi connectivity index (χ1n) is 8.63. The van der Waals surface area contributed by atoms with Gasteiger partial charge in [-0.05, 0) is 37.5 Å². The van der Waals surface area contributed by atoms with E-state index >= 15 is 0 Å². The Kier molecular flexibility index (Phi) is 6.77. The van der Waals surface area contributed by atoms with Crippen LogP contribution in [0.2, 0.25) is 0 Å². The summed E-state index contributed by atoms with van der Waals surface area (Å²) in [5, 5.41) is 12.1. The molecule has 140 valence electrons. The zero-order chi connectivity index (χ0) is 19.1. The first kappa shape index (κ1) is 19.5. The minimum Gasteiger partial charge on any atom is -0.481 e. The van der Waals surface area contributed by atoms with Crippen LogP contribution in [0.4, 0.5) is 0 Å². The van der Waals surface area contributed by atoms with Gasteiger partial charge in [-0.3, -0.25) is 9.59 Å². The Morgan fingerprint density at radius 1 is 1.31 bits per heavy atom. The van der Waals surface area contributed by atoms with Crippen LogP contribution in [0.5, 0.6) is 5.75 Å². The second-order valence-corrected chi connectivity index (χ2v) is 6.05. The lowest BCUT2D eigenvalue weighted by molar-refractivity contribution is -0.137. The van der Waals surface area contributed by atoms with Gasteiger partial charge in [0, 0.05) is 30.5 Å². The van der Waals surface area contributed by atoms with Crippen LogP contribution >= 0.6 is 0 Å². The molecule has 0 spiro atoms. The quantitative estimate of drug-likeness (QED) is 0.525. The topological polar surface area (TPSA) is 106 Å². The number of aliphatic carboxylic acids is 1. The van der Waals surface area contributed by atoms with Gasteiger partial charge in [0.1, 0.15) is 11.3 Å². The molecule has 0 saturated carbocycles. The van der Waals surface area contributed by atoms with Crippen LogP contribution < -0.4 is 15.7 Å². The predicted octanol–water partition coefficient (Wildman–Crippen LogP) is 2.49. The molecule has 0 unspecified atom stereocenters. The van der Waals surface area contributed by atoms with E-state index in [2.05, 4.69) is 5.32 Å². The number of aryl methyl sites for hydroxylation is 1. The number of rotatable bonds is 9. The maximum atomic E-state index is 12.0. The van der Waals surface area contributed by atoms with E-state index in [0.29, 0.717) is 17.8 Å². The van der Waals surface area contributed by atoms with Gasteiger partial charge in [0.25, 0.3) is 5.91 Å². The van der Waals surface area contributed by atoms with Crippen LogP contribution in [0, 0.1) is 0 Å². The molecule has 1 aromatic carbocycles. The first-order chi connectivity index (χ1) is 12.4. The standard InChI is InChI=1S/C19H23NO6/c1-3-5-13-10-18(23)26-16-11-14(7-8-15(13)16)25-12(2)19(24)20-9-4-6-17(21)22/h7-8,10-12H,3-6,9H2,1-2H3,(H,20,24)(H,21,22)/t12-/m0/s1. The molecule has 7 nitrogen and oxygen atoms in total. The Morgan fingerprint density at radius 2 is 2.08 bits per heavy atom. The molecule has 7 heteroatoms. The van der Waals surface area contributed by atoms with E-state index < -0.39 is 17.7 Å². The molecular weight excluding hydrogens is 338 g/mol. The van der Waals surface area contributed by atoms with E-state index in [1.54, 1.807) is 19.1 Å². The molecule has 0 aliphatic rings. The lowest BCUT2D eigenvalue weighted by atomic mass is 10.1. The van der Waals surface area contributed by atoms with Crippen LogP contribution in [0.1, 0.15) is 38.7 Å². The fourth-order valence-electron chi connectivity index (χ4n) is 2.61. The van der Waals surface area contributed by atoms with Gasteiger partial charge in [-0.25, -0.2) is 4.79 Å². The Hall–Kier alpha value is -2.83. The Bertz CT molecular complexity index is 842. The highest BCUT2D eigenvalue weighted by Gasteiger charge is 2.15. The molecule has 1 atom stereocenters. The van der Waals surface area contributed by atoms with Crippen molar-refractivity contribution in [1.29, 1.82) is 0 Å². The average Bonchev–Trinajstić information content (AvgIpc) is 2.58. The molecule has 0 radical (unpaired) electrons. The van der Waals surface area contributed by atoms with Gasteiger partial charge in [-0.1, -0.05) is 13.3 Å². The summed E-state index contributed by atoms with van der Waals surface area (Å²) in [6.45, 7) is 3.90. The number of carbonyl (C=O) groups is 2. The second-order valence-electron chi connectivity index (χ2n) is 6.05. The molecule has 1 heterocycles. The largest absolute Gasteiger partial charge is 0.481 e. The van der Waals surface area contributed by atoms with Crippen molar-refractivity contribution in [1.82, 2.24) is 5.32 Å². The van der Waals surface area contributed by atoms with Crippen molar-refractivity contribution in [3.63, 3.8) is 0 Å². The molecule has 2 rings (SSSR count). The minimum atomic E-state index is -0.899. The minimum absolute atomic E-state index is 0.000676. The molecule has 26 heavy (non-hydrogen) atoms. The number of carboxylic acids is 1. The fourth-order valence-corrected chi connectivity index (χ4v) is 2.61. The first-order valence-corrected chi connectivity index (χ1v) is 8.63. The number of benzene rings is 1. The van der Waals surface area contributed by atoms with Crippen molar-refractivity contribution in [2.75, 3.05) is 6.54 Å². The van der Waals surface area contributed by atoms with Gasteiger partial charge in [0.05, 0.1) is 0 Å². The summed E-state index contributed by atoms with van der Waals surface area (Å²) in [6.07, 6.45) is 1.28. The number of ether oxygens (including phenoxy) is 1. The highest BCUT2D eigenvalue weighted by Crippen LogP contribution is 2.24. The highest BCUT2D eigenvalue weighted by molar-refractivity contribution is 5.83. The fraction of sp³-hybridized carbons (Fsp3) is 0.421. The Balaban J connectivity index is 2.04. The zero-order valence-corrected chi connectivity index (χ0v) is 14.9. The molecular formula is C19H23NO6. The SMILES string of the molecule is CCCc1cc(=O)oc2cc(O[C@@H](C)C(=O)NCCCC(=O)O)ccc12. The third-order valence-corrected chi connectivity index (χ3v) is 3.87. The Labute approximate surface area is 151 Å². The molecule has 0 fully saturated rings. The normalized spacial score (nSPS) is 11.9. The van der Waals surface area contributed by atoms with Gasteiger partial charge in [0.2, 0.25) is 0 Å². The van der Waals surface area contributed by atoms with Crippen molar-refractivity contribution in [3.05, 3.63) is 40.2 Å². The van der Waals surface area contributed by atoms with Gasteiger partial charge in [0.15, 0.2) is 6.10 Å². The molecule has 0 bridgehead atoms. The summed E-state index contributed by atoms with van der Waals surface area (Å²) in [6, 6.07) is 6.65. The van der Waals surface area contributed by atoms with Crippen LogP contribution in [-0.4, -0.2) is 29.6 Å². The average molecular weight is 361 g/mol. The van der Waals surface area contributed by atoms with E-state index in [0.717, 1.165) is 23.8 Å². The van der Waals surface area contributed by atoms with Gasteiger partial charge in [-0.2, -0.15) is 0 Å². The molecule has 1 aromatic heterocycles. The van der Waals surface area contributed by atoms with Crippen molar-refractivity contribution < 1.29 is 23.8 Å². The third-order valence-electron chi connectivity index (χ3n) is 3.87. The van der Waals surface area contributed by atoms with Gasteiger partial charge < -0.3 is 19.6 Å². The number of carboxylic acid groups (broad SMARTS) is 1. The van der Waals surface area contributed by atoms with E-state index in [1.165, 1.54) is 6.07 Å². The predicted molar refractivity (Wildman–Crippen MR) is 96.4 cm³/mol. The van der Waals surface area contributed by atoms with E-state index in [9.17, 15) is 14.4 Å². The van der Waals surface area contributed by atoms with Gasteiger partial charge in [-0.15, -0.1) is 0 Å². The maximum absolute atomic E-state index is 12.0. The molecule has 0 aliphatic carbocycles. The lowest BCUT2D eigenvalue weighted by Crippen LogP contribution is -2.36. The van der Waals surface area contributed by atoms with Crippen molar-refractivity contribution in [2.45, 2.75) is 45.6 Å². The summed E-state index contributed by atoms with van der Waals surface area (Å²) in [5.41, 5.74) is 0.935. The van der Waals surface area contributed by atoms with Crippen LogP contribution in [-0.2, 0) is 16.0 Å². The smallest absolute Gasteiger partial charge is 0.336 e. The summed E-state index contributed by atoms with van der Waals surface area (Å²) < 4.78 is 10.9. The number of carbonyl (C=O) groups excluding carboxylic acids is 1. The summed E-state index contributed by atoms with van der Waals surface area (Å²) in [5.74, 6) is -0.817. The second kappa shape index (κ2) is 9.03. The maximum Gasteiger partial charge on any atom is 0.336 e. The zero-order valence-electron chi connectivity index (χ0n) is 14.9. The summed E-state index contributed by atoms with van der Waals surface area (Å²) >= 11 is 0. The summed E-state index contributed by atoms with van der Waals surface area (Å²) in [7, 11) is 0. The molecule has 0 saturated heterocycles. The monoisotopic (exact) mass is 361 g/mol. The third kappa shape index (κ3) is 5.34. The number of hydrogen-bond donors (Lipinski definition) is 2. The molecule has 2 N–H and O–H groups in total. The number of fused-ring (bicyclic) bond motifs is 1.